The average molecular weight is 415 g/mol. The Hall–Kier alpha value is -3.37. The quantitative estimate of drug-likeness (QED) is 0.566. The summed E-state index contributed by atoms with van der Waals surface area (Å²) >= 11 is 6.15. The maximum absolute atomic E-state index is 13.6. The number of carbonyl (C=O) groups excluding carboxylic acids is 2. The third kappa shape index (κ3) is 2.92. The van der Waals surface area contributed by atoms with E-state index in [1.165, 1.54) is 10.5 Å². The number of imide groups is 1. The van der Waals surface area contributed by atoms with Gasteiger partial charge in [-0.3, -0.25) is 9.59 Å². The van der Waals surface area contributed by atoms with Gasteiger partial charge in [0.2, 0.25) is 0 Å². The van der Waals surface area contributed by atoms with Crippen LogP contribution in [-0.2, 0) is 16.0 Å². The van der Waals surface area contributed by atoms with Gasteiger partial charge in [0.25, 0.3) is 11.8 Å². The Kier molecular flexibility index (Phi) is 4.44. The molecule has 0 saturated heterocycles. The number of aryl methyl sites for hydroxylation is 1. The fourth-order valence-electron chi connectivity index (χ4n) is 4.17. The lowest BCUT2D eigenvalue weighted by Gasteiger charge is -2.22. The topological polar surface area (TPSA) is 40.6 Å². The minimum Gasteiger partial charge on any atom is -0.336 e. The molecule has 0 fully saturated rings. The van der Waals surface area contributed by atoms with E-state index in [1.54, 1.807) is 24.3 Å². The van der Waals surface area contributed by atoms with E-state index in [4.69, 9.17) is 11.6 Å². The van der Waals surface area contributed by atoms with Crippen LogP contribution >= 0.6 is 11.6 Å². The Morgan fingerprint density at radius 3 is 2.40 bits per heavy atom. The number of para-hydroxylation sites is 1. The first-order valence-electron chi connectivity index (χ1n) is 9.86. The van der Waals surface area contributed by atoms with Crippen molar-refractivity contribution in [2.45, 2.75) is 13.3 Å². The highest BCUT2D eigenvalue weighted by atomic mass is 35.5. The van der Waals surface area contributed by atoms with Crippen LogP contribution in [0.3, 0.4) is 0 Å². The lowest BCUT2D eigenvalue weighted by Crippen LogP contribution is -2.34. The van der Waals surface area contributed by atoms with Crippen molar-refractivity contribution in [3.8, 4) is 0 Å². The molecule has 2 heterocycles. The number of benzene rings is 3. The van der Waals surface area contributed by atoms with E-state index in [0.29, 0.717) is 28.5 Å². The summed E-state index contributed by atoms with van der Waals surface area (Å²) < 4.78 is 0. The standard InChI is InChI=1S/C25H19ClN2O2/c1-16-9-11-18(12-10-16)22-23(27-14-13-17-5-2-3-8-21(17)27)25(30)28(24(22)29)20-7-4-6-19(26)15-20/h2-12,15H,13-14H2,1H3. The molecule has 0 unspecified atom stereocenters. The molecule has 2 aliphatic rings. The first-order chi connectivity index (χ1) is 14.5. The van der Waals surface area contributed by atoms with E-state index in [2.05, 4.69) is 6.07 Å². The highest BCUT2D eigenvalue weighted by Crippen LogP contribution is 2.40. The molecule has 0 spiro atoms. The fourth-order valence-corrected chi connectivity index (χ4v) is 4.35. The predicted molar refractivity (Wildman–Crippen MR) is 120 cm³/mol. The minimum atomic E-state index is -0.328. The number of hydrogen-bond donors (Lipinski definition) is 0. The minimum absolute atomic E-state index is 0.324. The molecule has 30 heavy (non-hydrogen) atoms. The maximum atomic E-state index is 13.6. The van der Waals surface area contributed by atoms with Gasteiger partial charge in [-0.25, -0.2) is 4.90 Å². The number of carbonyl (C=O) groups is 2. The van der Waals surface area contributed by atoms with Crippen molar-refractivity contribution in [1.82, 2.24) is 0 Å². The molecule has 0 atom stereocenters. The van der Waals surface area contributed by atoms with E-state index >= 15 is 0 Å². The number of rotatable bonds is 3. The summed E-state index contributed by atoms with van der Waals surface area (Å²) in [4.78, 5) is 30.4. The predicted octanol–water partition coefficient (Wildman–Crippen LogP) is 5.00. The van der Waals surface area contributed by atoms with Gasteiger partial charge in [-0.1, -0.05) is 65.7 Å². The van der Waals surface area contributed by atoms with E-state index < -0.39 is 0 Å². The first kappa shape index (κ1) is 18.6. The molecule has 0 bridgehead atoms. The fraction of sp³-hybridized carbons (Fsp3) is 0.120. The van der Waals surface area contributed by atoms with Crippen molar-refractivity contribution in [3.63, 3.8) is 0 Å². The molecule has 0 N–H and O–H groups in total. The van der Waals surface area contributed by atoms with E-state index in [0.717, 1.165) is 23.2 Å². The van der Waals surface area contributed by atoms with Gasteiger partial charge in [0, 0.05) is 17.3 Å². The largest absolute Gasteiger partial charge is 0.336 e. The molecule has 148 valence electrons. The van der Waals surface area contributed by atoms with Crippen molar-refractivity contribution in [2.24, 2.45) is 0 Å². The van der Waals surface area contributed by atoms with E-state index in [1.807, 2.05) is 54.3 Å². The monoisotopic (exact) mass is 414 g/mol. The zero-order valence-corrected chi connectivity index (χ0v) is 17.2. The second-order valence-electron chi connectivity index (χ2n) is 7.55. The summed E-state index contributed by atoms with van der Waals surface area (Å²) in [7, 11) is 0. The van der Waals surface area contributed by atoms with Crippen LogP contribution in [0.25, 0.3) is 5.57 Å². The third-order valence-electron chi connectivity index (χ3n) is 5.62. The molecule has 5 rings (SSSR count). The number of nitrogens with zero attached hydrogens (tertiary/aromatic N) is 2. The van der Waals surface area contributed by atoms with E-state index in [-0.39, 0.29) is 11.8 Å². The Labute approximate surface area is 180 Å². The van der Waals surface area contributed by atoms with Crippen LogP contribution in [-0.4, -0.2) is 18.4 Å². The molecule has 0 aliphatic carbocycles. The number of hydrogen-bond acceptors (Lipinski definition) is 3. The molecule has 4 nitrogen and oxygen atoms in total. The SMILES string of the molecule is Cc1ccc(C2=C(N3CCc4ccccc43)C(=O)N(c3cccc(Cl)c3)C2=O)cc1. The summed E-state index contributed by atoms with van der Waals surface area (Å²) in [6, 6.07) is 22.6. The third-order valence-corrected chi connectivity index (χ3v) is 5.86. The van der Waals surface area contributed by atoms with Gasteiger partial charge in [0.15, 0.2) is 0 Å². The molecule has 5 heteroatoms. The highest BCUT2D eigenvalue weighted by Gasteiger charge is 2.44. The van der Waals surface area contributed by atoms with Crippen LogP contribution in [0.2, 0.25) is 5.02 Å². The van der Waals surface area contributed by atoms with Gasteiger partial charge in [0.05, 0.1) is 11.3 Å². The number of anilines is 2. The van der Waals surface area contributed by atoms with Crippen LogP contribution in [0.1, 0.15) is 16.7 Å². The van der Waals surface area contributed by atoms with Crippen molar-refractivity contribution < 1.29 is 9.59 Å². The zero-order chi connectivity index (χ0) is 20.8. The van der Waals surface area contributed by atoms with Gasteiger partial charge in [-0.05, 0) is 48.7 Å². The van der Waals surface area contributed by atoms with Crippen LogP contribution in [0.15, 0.2) is 78.5 Å². The summed E-state index contributed by atoms with van der Waals surface area (Å²) in [5, 5.41) is 0.477. The second kappa shape index (κ2) is 7.15. The summed E-state index contributed by atoms with van der Waals surface area (Å²) in [5.74, 6) is -0.653. The summed E-state index contributed by atoms with van der Waals surface area (Å²) in [5.41, 5.74) is 5.31. The van der Waals surface area contributed by atoms with Crippen molar-refractivity contribution in [2.75, 3.05) is 16.3 Å². The number of amides is 2. The molecule has 3 aromatic carbocycles. The molecular weight excluding hydrogens is 396 g/mol. The Bertz CT molecular complexity index is 1210. The smallest absolute Gasteiger partial charge is 0.282 e. The Morgan fingerprint density at radius 1 is 0.867 bits per heavy atom. The number of halogens is 1. The maximum Gasteiger partial charge on any atom is 0.282 e. The second-order valence-corrected chi connectivity index (χ2v) is 7.98. The molecule has 0 radical (unpaired) electrons. The van der Waals surface area contributed by atoms with Gasteiger partial charge >= 0.3 is 0 Å². The lowest BCUT2D eigenvalue weighted by atomic mass is 10.0. The molecule has 0 aromatic heterocycles. The molecular formula is C25H19ClN2O2. The van der Waals surface area contributed by atoms with Crippen LogP contribution < -0.4 is 9.80 Å². The highest BCUT2D eigenvalue weighted by molar-refractivity contribution is 6.46. The normalized spacial score (nSPS) is 15.9. The first-order valence-corrected chi connectivity index (χ1v) is 10.2. The molecule has 0 saturated carbocycles. The van der Waals surface area contributed by atoms with Gasteiger partial charge < -0.3 is 4.90 Å². The molecule has 2 amide bonds. The van der Waals surface area contributed by atoms with Crippen molar-refractivity contribution in [3.05, 3.63) is 100 Å². The van der Waals surface area contributed by atoms with E-state index in [9.17, 15) is 9.59 Å². The average Bonchev–Trinajstić information content (AvgIpc) is 3.27. The van der Waals surface area contributed by atoms with Gasteiger partial charge in [-0.15, -0.1) is 0 Å². The summed E-state index contributed by atoms with van der Waals surface area (Å²) in [6.45, 7) is 2.65. The molecule has 2 aliphatic heterocycles. The number of fused-ring (bicyclic) bond motifs is 1. The lowest BCUT2D eigenvalue weighted by molar-refractivity contribution is -0.120. The van der Waals surface area contributed by atoms with Crippen molar-refractivity contribution >= 4 is 40.4 Å². The molecule has 3 aromatic rings. The van der Waals surface area contributed by atoms with Crippen LogP contribution in [0.4, 0.5) is 11.4 Å². The zero-order valence-electron chi connectivity index (χ0n) is 16.4. The van der Waals surface area contributed by atoms with Crippen LogP contribution in [0, 0.1) is 6.92 Å². The Morgan fingerprint density at radius 2 is 1.63 bits per heavy atom. The van der Waals surface area contributed by atoms with Gasteiger partial charge in [-0.2, -0.15) is 0 Å². The van der Waals surface area contributed by atoms with Crippen LogP contribution in [0.5, 0.6) is 0 Å². The van der Waals surface area contributed by atoms with Gasteiger partial charge in [0.1, 0.15) is 5.70 Å². The Balaban J connectivity index is 1.69. The van der Waals surface area contributed by atoms with Crippen molar-refractivity contribution in [1.29, 1.82) is 0 Å². The summed E-state index contributed by atoms with van der Waals surface area (Å²) in [6.07, 6.45) is 0.833.